The highest BCUT2D eigenvalue weighted by atomic mass is 16.1. The molecule has 0 bridgehead atoms. The molecular formula is C17H29N3O. The first-order chi connectivity index (χ1) is 10.1. The molecule has 0 spiro atoms. The van der Waals surface area contributed by atoms with Crippen molar-refractivity contribution in [2.45, 2.75) is 39.8 Å². The van der Waals surface area contributed by atoms with Crippen molar-refractivity contribution in [2.24, 2.45) is 0 Å². The van der Waals surface area contributed by atoms with Crippen LogP contribution in [0.15, 0.2) is 24.3 Å². The van der Waals surface area contributed by atoms with E-state index < -0.39 is 0 Å². The van der Waals surface area contributed by atoms with Gasteiger partial charge in [0, 0.05) is 24.7 Å². The van der Waals surface area contributed by atoms with Crippen LogP contribution in [0.1, 0.15) is 43.1 Å². The molecule has 0 radical (unpaired) electrons. The molecule has 0 saturated carbocycles. The van der Waals surface area contributed by atoms with Crippen LogP contribution in [-0.2, 0) is 6.54 Å². The summed E-state index contributed by atoms with van der Waals surface area (Å²) in [5.41, 5.74) is 1.98. The summed E-state index contributed by atoms with van der Waals surface area (Å²) < 4.78 is 0. The predicted molar refractivity (Wildman–Crippen MR) is 88.5 cm³/mol. The van der Waals surface area contributed by atoms with Gasteiger partial charge < -0.3 is 10.6 Å². The van der Waals surface area contributed by atoms with Gasteiger partial charge in [-0.3, -0.25) is 9.69 Å². The lowest BCUT2D eigenvalue weighted by Gasteiger charge is -2.19. The van der Waals surface area contributed by atoms with E-state index in [1.807, 2.05) is 26.1 Å². The number of benzene rings is 1. The highest BCUT2D eigenvalue weighted by Gasteiger charge is 2.08. The van der Waals surface area contributed by atoms with Gasteiger partial charge in [-0.2, -0.15) is 0 Å². The van der Waals surface area contributed by atoms with Crippen molar-refractivity contribution in [3.05, 3.63) is 35.4 Å². The maximum absolute atomic E-state index is 12.0. The average molecular weight is 291 g/mol. The Labute approximate surface area is 128 Å². The Morgan fingerprint density at radius 1 is 1.24 bits per heavy atom. The fraction of sp³-hybridized carbons (Fsp3) is 0.588. The number of carbonyl (C=O) groups excluding carboxylic acids is 1. The van der Waals surface area contributed by atoms with Gasteiger partial charge in [0.15, 0.2) is 0 Å². The van der Waals surface area contributed by atoms with Gasteiger partial charge in [0.05, 0.1) is 0 Å². The fourth-order valence-electron chi connectivity index (χ4n) is 2.13. The smallest absolute Gasteiger partial charge is 0.251 e. The molecule has 1 unspecified atom stereocenters. The topological polar surface area (TPSA) is 44.4 Å². The molecule has 21 heavy (non-hydrogen) atoms. The summed E-state index contributed by atoms with van der Waals surface area (Å²) in [6.45, 7) is 10.2. The Kier molecular flexibility index (Phi) is 8.01. The van der Waals surface area contributed by atoms with E-state index in [1.54, 1.807) is 0 Å². The van der Waals surface area contributed by atoms with Crippen LogP contribution in [0, 0.1) is 0 Å². The second-order valence-corrected chi connectivity index (χ2v) is 5.47. The van der Waals surface area contributed by atoms with Gasteiger partial charge >= 0.3 is 0 Å². The Morgan fingerprint density at radius 2 is 1.90 bits per heavy atom. The van der Waals surface area contributed by atoms with E-state index in [9.17, 15) is 4.79 Å². The van der Waals surface area contributed by atoms with E-state index >= 15 is 0 Å². The van der Waals surface area contributed by atoms with Crippen LogP contribution in [0.3, 0.4) is 0 Å². The average Bonchev–Trinajstić information content (AvgIpc) is 2.52. The van der Waals surface area contributed by atoms with Crippen LogP contribution in [0.4, 0.5) is 0 Å². The van der Waals surface area contributed by atoms with Crippen molar-refractivity contribution < 1.29 is 4.79 Å². The zero-order valence-corrected chi connectivity index (χ0v) is 13.8. The molecule has 4 nitrogen and oxygen atoms in total. The molecule has 0 aliphatic rings. The van der Waals surface area contributed by atoms with Crippen molar-refractivity contribution in [1.82, 2.24) is 15.5 Å². The molecule has 1 rings (SSSR count). The molecule has 0 aromatic heterocycles. The van der Waals surface area contributed by atoms with E-state index in [-0.39, 0.29) is 11.9 Å². The second kappa shape index (κ2) is 9.53. The van der Waals surface area contributed by atoms with Crippen molar-refractivity contribution in [1.29, 1.82) is 0 Å². The third kappa shape index (κ3) is 6.27. The third-order valence-corrected chi connectivity index (χ3v) is 3.67. The Hall–Kier alpha value is -1.39. The van der Waals surface area contributed by atoms with Crippen LogP contribution in [0.5, 0.6) is 0 Å². The monoisotopic (exact) mass is 291 g/mol. The summed E-state index contributed by atoms with van der Waals surface area (Å²) in [6, 6.07) is 8.20. The molecule has 0 fully saturated rings. The van der Waals surface area contributed by atoms with Crippen LogP contribution < -0.4 is 10.6 Å². The maximum atomic E-state index is 12.0. The van der Waals surface area contributed by atoms with Gasteiger partial charge in [0.1, 0.15) is 0 Å². The summed E-state index contributed by atoms with van der Waals surface area (Å²) in [4.78, 5) is 14.4. The zero-order valence-electron chi connectivity index (χ0n) is 13.8. The zero-order chi connectivity index (χ0) is 15.7. The van der Waals surface area contributed by atoms with Crippen LogP contribution in [-0.4, -0.2) is 43.5 Å². The highest BCUT2D eigenvalue weighted by Crippen LogP contribution is 2.08. The van der Waals surface area contributed by atoms with Crippen LogP contribution >= 0.6 is 0 Å². The Bertz CT molecular complexity index is 417. The molecule has 0 aliphatic heterocycles. The molecule has 4 heteroatoms. The van der Waals surface area contributed by atoms with Crippen molar-refractivity contribution in [3.8, 4) is 0 Å². The molecule has 2 N–H and O–H groups in total. The standard InChI is InChI=1S/C17H29N3O/c1-5-11-20(6-2)13-15-7-9-16(10-8-15)17(21)19-12-14(3)18-4/h7-10,14,18H,5-6,11-13H2,1-4H3,(H,19,21). The van der Waals surface area contributed by atoms with E-state index in [0.29, 0.717) is 6.54 Å². The lowest BCUT2D eigenvalue weighted by atomic mass is 10.1. The largest absolute Gasteiger partial charge is 0.350 e. The SMILES string of the molecule is CCCN(CC)Cc1ccc(C(=O)NCC(C)NC)cc1. The molecule has 1 atom stereocenters. The molecule has 1 aromatic rings. The number of hydrogen-bond acceptors (Lipinski definition) is 3. The van der Waals surface area contributed by atoms with Crippen LogP contribution in [0.25, 0.3) is 0 Å². The number of hydrogen-bond donors (Lipinski definition) is 2. The number of nitrogens with one attached hydrogen (secondary N) is 2. The van der Waals surface area contributed by atoms with E-state index in [0.717, 1.165) is 31.6 Å². The summed E-state index contributed by atoms with van der Waals surface area (Å²) in [5.74, 6) is -0.00967. The van der Waals surface area contributed by atoms with Gasteiger partial charge in [-0.25, -0.2) is 0 Å². The minimum Gasteiger partial charge on any atom is -0.350 e. The maximum Gasteiger partial charge on any atom is 0.251 e. The number of rotatable bonds is 9. The van der Waals surface area contributed by atoms with E-state index in [1.165, 1.54) is 5.56 Å². The van der Waals surface area contributed by atoms with Crippen LogP contribution in [0.2, 0.25) is 0 Å². The van der Waals surface area contributed by atoms with Gasteiger partial charge in [-0.05, 0) is 51.2 Å². The summed E-state index contributed by atoms with van der Waals surface area (Å²) >= 11 is 0. The molecule has 0 heterocycles. The molecule has 1 amide bonds. The molecule has 1 aromatic carbocycles. The van der Waals surface area contributed by atoms with E-state index in [4.69, 9.17) is 0 Å². The first-order valence-electron chi connectivity index (χ1n) is 7.87. The summed E-state index contributed by atoms with van der Waals surface area (Å²) in [7, 11) is 1.89. The number of amides is 1. The number of nitrogens with zero attached hydrogens (tertiary/aromatic N) is 1. The van der Waals surface area contributed by atoms with Crippen molar-refractivity contribution in [3.63, 3.8) is 0 Å². The van der Waals surface area contributed by atoms with Gasteiger partial charge in [-0.15, -0.1) is 0 Å². The summed E-state index contributed by atoms with van der Waals surface area (Å²) in [6.07, 6.45) is 1.16. The Balaban J connectivity index is 2.54. The van der Waals surface area contributed by atoms with Gasteiger partial charge in [0.25, 0.3) is 5.91 Å². The lowest BCUT2D eigenvalue weighted by Crippen LogP contribution is -2.37. The number of likely N-dealkylation sites (N-methyl/N-ethyl adjacent to an activating group) is 1. The first kappa shape index (κ1) is 17.7. The van der Waals surface area contributed by atoms with Gasteiger partial charge in [0.2, 0.25) is 0 Å². The normalized spacial score (nSPS) is 12.4. The highest BCUT2D eigenvalue weighted by molar-refractivity contribution is 5.94. The minimum absolute atomic E-state index is 0.00967. The second-order valence-electron chi connectivity index (χ2n) is 5.47. The number of carbonyl (C=O) groups is 1. The quantitative estimate of drug-likeness (QED) is 0.733. The lowest BCUT2D eigenvalue weighted by molar-refractivity contribution is 0.0950. The van der Waals surface area contributed by atoms with Gasteiger partial charge in [-0.1, -0.05) is 26.0 Å². The van der Waals surface area contributed by atoms with Crippen molar-refractivity contribution >= 4 is 5.91 Å². The van der Waals surface area contributed by atoms with E-state index in [2.05, 4.69) is 41.5 Å². The minimum atomic E-state index is -0.00967. The predicted octanol–water partition coefficient (Wildman–Crippen LogP) is 2.26. The summed E-state index contributed by atoms with van der Waals surface area (Å²) in [5, 5.41) is 6.03. The first-order valence-corrected chi connectivity index (χ1v) is 7.87. The molecule has 0 aliphatic carbocycles. The third-order valence-electron chi connectivity index (χ3n) is 3.67. The Morgan fingerprint density at radius 3 is 2.43 bits per heavy atom. The molecule has 0 saturated heterocycles. The molecular weight excluding hydrogens is 262 g/mol. The van der Waals surface area contributed by atoms with Crippen molar-refractivity contribution in [2.75, 3.05) is 26.7 Å². The fourth-order valence-corrected chi connectivity index (χ4v) is 2.13. The molecule has 118 valence electrons.